The zero-order chi connectivity index (χ0) is 55.6. The van der Waals surface area contributed by atoms with E-state index in [9.17, 15) is 19.2 Å². The minimum atomic E-state index is -2.81. The van der Waals surface area contributed by atoms with Crippen molar-refractivity contribution in [1.29, 1.82) is 0 Å². The maximum absolute atomic E-state index is 16.1. The summed E-state index contributed by atoms with van der Waals surface area (Å²) in [5.41, 5.74) is -4.44. The number of ketones is 4. The summed E-state index contributed by atoms with van der Waals surface area (Å²) in [5, 5.41) is 0.396. The predicted molar refractivity (Wildman–Crippen MR) is 305 cm³/mol. The number of carbonyl (C=O) groups excluding carboxylic acids is 8. The number of hydrogen-bond donors (Lipinski definition) is 0. The van der Waals surface area contributed by atoms with Gasteiger partial charge in [-0.1, -0.05) is 147 Å². The number of Topliss-reactive ketones (excluding diaryl/α,β-unsaturated/α-hetero) is 4. The third-order valence-electron chi connectivity index (χ3n) is 16.6. The Bertz CT molecular complexity index is 3760. The molecule has 0 spiro atoms. The van der Waals surface area contributed by atoms with E-state index in [0.717, 1.165) is 24.2 Å². The monoisotopic (exact) mass is 1130 g/mol. The Morgan fingerprint density at radius 1 is 0.457 bits per heavy atom. The molecule has 81 heavy (non-hydrogen) atoms. The standard InChI is InChI=1S/C64H50N2O12S3/c67-51-39-25-13-14-26-40(39)52(68)49(51)65-45-29-43-47(64(45,61(73)77-33-37-21-9-3-10-22-37)62(74)78-34-38-23-11-4-12-24-38)56-48(63(43,59(71)75-31-35-17-5-1-6-18-35)60(72)76-32-36-19-7-2-8-20-36)57-58(81-56)55-44(79-57)30-46(80-55)66-50-53(69)41-27-15-16-28-42(41)54(50)70/h1-12,17-24,29-30,39-42H,13-16,25-28,31-34H2. The van der Waals surface area contributed by atoms with Gasteiger partial charge in [-0.25, -0.2) is 9.98 Å². The molecule has 4 atom stereocenters. The highest BCUT2D eigenvalue weighted by Crippen LogP contribution is 2.67. The van der Waals surface area contributed by atoms with Crippen LogP contribution < -0.4 is 0 Å². The summed E-state index contributed by atoms with van der Waals surface area (Å²) in [5.74, 6) is -8.30. The summed E-state index contributed by atoms with van der Waals surface area (Å²) in [7, 11) is 0. The molecular weight excluding hydrogens is 1080 g/mol. The van der Waals surface area contributed by atoms with E-state index in [1.165, 1.54) is 28.7 Å². The van der Waals surface area contributed by atoms with E-state index in [1.807, 2.05) is 0 Å². The van der Waals surface area contributed by atoms with Gasteiger partial charge < -0.3 is 18.9 Å². The average Bonchev–Trinajstić information content (AvgIpc) is 2.89. The number of benzene rings is 4. The van der Waals surface area contributed by atoms with E-state index in [2.05, 4.69) is 0 Å². The van der Waals surface area contributed by atoms with Gasteiger partial charge in [0.15, 0.2) is 28.8 Å². The summed E-state index contributed by atoms with van der Waals surface area (Å²) in [6, 6.07) is 37.0. The van der Waals surface area contributed by atoms with Gasteiger partial charge in [0, 0.05) is 44.4 Å². The van der Waals surface area contributed by atoms with Crippen molar-refractivity contribution in [3.8, 4) is 0 Å². The predicted octanol–water partition coefficient (Wildman–Crippen LogP) is 11.5. The molecule has 0 radical (unpaired) electrons. The molecule has 6 aliphatic rings. The lowest BCUT2D eigenvalue weighted by atomic mass is 9.77. The molecule has 0 saturated heterocycles. The van der Waals surface area contributed by atoms with Crippen LogP contribution in [0.2, 0.25) is 0 Å². The maximum atomic E-state index is 16.1. The fourth-order valence-corrected chi connectivity index (χ4v) is 17.0. The summed E-state index contributed by atoms with van der Waals surface area (Å²) < 4.78 is 27.4. The zero-order valence-electron chi connectivity index (χ0n) is 43.5. The first kappa shape index (κ1) is 52.3. The number of allylic oxidation sites excluding steroid dienone is 1. The van der Waals surface area contributed by atoms with Crippen LogP contribution in [0.5, 0.6) is 0 Å². The van der Waals surface area contributed by atoms with Crippen molar-refractivity contribution >= 4 is 122 Å². The number of esters is 4. The van der Waals surface area contributed by atoms with E-state index >= 15 is 19.2 Å². The average molecular weight is 1140 g/mol. The molecule has 13 rings (SSSR count). The fraction of sp³-hybridized carbons (Fsp3) is 0.281. The lowest BCUT2D eigenvalue weighted by molar-refractivity contribution is -0.167. The highest BCUT2D eigenvalue weighted by molar-refractivity contribution is 7.40. The van der Waals surface area contributed by atoms with Crippen LogP contribution in [-0.4, -0.2) is 58.4 Å². The van der Waals surface area contributed by atoms with Crippen LogP contribution in [0.1, 0.15) is 84.1 Å². The van der Waals surface area contributed by atoms with Gasteiger partial charge in [-0.15, -0.1) is 34.0 Å². The van der Waals surface area contributed by atoms with E-state index < -0.39 is 69.5 Å². The first-order valence-electron chi connectivity index (χ1n) is 27.1. The van der Waals surface area contributed by atoms with Crippen LogP contribution in [0.15, 0.2) is 155 Å². The summed E-state index contributed by atoms with van der Waals surface area (Å²) in [6.07, 6.45) is 6.60. The highest BCUT2D eigenvalue weighted by atomic mass is 32.1. The molecule has 0 aliphatic heterocycles. The van der Waals surface area contributed by atoms with Crippen molar-refractivity contribution < 1.29 is 57.3 Å². The second-order valence-electron chi connectivity index (χ2n) is 21.3. The number of carbonyl (C=O) groups is 8. The second kappa shape index (κ2) is 21.1. The molecule has 3 heterocycles. The van der Waals surface area contributed by atoms with Crippen molar-refractivity contribution in [2.75, 3.05) is 0 Å². The highest BCUT2D eigenvalue weighted by Gasteiger charge is 2.71. The normalized spacial score (nSPS) is 21.4. The number of nitrogens with zero attached hydrogens (tertiary/aromatic N) is 2. The first-order valence-corrected chi connectivity index (χ1v) is 29.6. The Morgan fingerprint density at radius 3 is 1.25 bits per heavy atom. The quantitative estimate of drug-likeness (QED) is 0.0568. The Kier molecular flexibility index (Phi) is 13.6. The molecular formula is C64H50N2O12S3. The number of ether oxygens (including phenoxy) is 4. The van der Waals surface area contributed by atoms with Crippen molar-refractivity contribution in [3.63, 3.8) is 0 Å². The molecule has 7 aromatic rings. The Morgan fingerprint density at radius 2 is 0.840 bits per heavy atom. The minimum absolute atomic E-state index is 0.0701. The lowest BCUT2D eigenvalue weighted by Gasteiger charge is -2.29. The van der Waals surface area contributed by atoms with E-state index in [1.54, 1.807) is 127 Å². The summed E-state index contributed by atoms with van der Waals surface area (Å²) in [6.45, 7) is -1.33. The van der Waals surface area contributed by atoms with Crippen molar-refractivity contribution in [2.24, 2.45) is 39.1 Å². The van der Waals surface area contributed by atoms with Gasteiger partial charge >= 0.3 is 23.9 Å². The van der Waals surface area contributed by atoms with Gasteiger partial charge in [-0.2, -0.15) is 0 Å². The Hall–Kier alpha value is -8.12. The molecule has 6 aliphatic carbocycles. The third-order valence-corrected chi connectivity index (χ3v) is 20.4. The number of thiophene rings is 3. The largest absolute Gasteiger partial charge is 0.459 e. The van der Waals surface area contributed by atoms with E-state index in [0.29, 0.717) is 84.6 Å². The Labute approximate surface area is 476 Å². The number of fused-ring (bicyclic) bond motifs is 8. The number of hydrogen-bond acceptors (Lipinski definition) is 17. The van der Waals surface area contributed by atoms with Gasteiger partial charge in [0.05, 0.1) is 19.8 Å². The van der Waals surface area contributed by atoms with Gasteiger partial charge in [0.25, 0.3) is 0 Å². The molecule has 0 amide bonds. The number of rotatable bonds is 14. The molecule has 406 valence electrons. The second-order valence-corrected chi connectivity index (χ2v) is 24.4. The van der Waals surface area contributed by atoms with Crippen LogP contribution in [-0.2, 0) is 89.1 Å². The van der Waals surface area contributed by atoms with E-state index in [-0.39, 0.29) is 77.1 Å². The molecule has 4 saturated carbocycles. The van der Waals surface area contributed by atoms with Crippen LogP contribution >= 0.6 is 34.0 Å². The van der Waals surface area contributed by atoms with Gasteiger partial charge in [0.2, 0.25) is 10.8 Å². The van der Waals surface area contributed by atoms with Crippen LogP contribution in [0.3, 0.4) is 0 Å². The van der Waals surface area contributed by atoms with E-state index in [4.69, 9.17) is 28.9 Å². The smallest absolute Gasteiger partial charge is 0.334 e. The minimum Gasteiger partial charge on any atom is -0.459 e. The lowest BCUT2D eigenvalue weighted by Crippen LogP contribution is -2.46. The topological polar surface area (TPSA) is 198 Å². The SMILES string of the molecule is O=C1C(=NC2=CC3=C(c4sc5c(sc6cc(N=C7C(=O)C8CCCCC8C7=O)sc65)c4C3(C(=O)OCc3ccccc3)C(=O)OCc3ccccc3)C2(C(=O)OCc2ccccc2)C(=O)OCc2ccccc2)C(=O)C2CCCCC12. The number of aliphatic imine (C=N–C) groups is 2. The van der Waals surface area contributed by atoms with Crippen LogP contribution in [0.4, 0.5) is 5.00 Å². The molecule has 3 aromatic heterocycles. The molecule has 4 aromatic carbocycles. The molecule has 4 fully saturated rings. The first-order chi connectivity index (χ1) is 39.5. The summed E-state index contributed by atoms with van der Waals surface area (Å²) in [4.78, 5) is 130. The van der Waals surface area contributed by atoms with Crippen LogP contribution in [0.25, 0.3) is 24.4 Å². The zero-order valence-corrected chi connectivity index (χ0v) is 46.0. The van der Waals surface area contributed by atoms with Crippen LogP contribution in [0, 0.1) is 29.1 Å². The van der Waals surface area contributed by atoms with Crippen molar-refractivity contribution in [3.05, 3.63) is 177 Å². The van der Waals surface area contributed by atoms with Crippen molar-refractivity contribution in [1.82, 2.24) is 0 Å². The fourth-order valence-electron chi connectivity index (χ4n) is 12.7. The molecule has 14 nitrogen and oxygen atoms in total. The Balaban J connectivity index is 1.06. The van der Waals surface area contributed by atoms with Gasteiger partial charge in [-0.3, -0.25) is 38.4 Å². The third kappa shape index (κ3) is 8.61. The van der Waals surface area contributed by atoms with Gasteiger partial charge in [-0.05, 0) is 65.7 Å². The summed E-state index contributed by atoms with van der Waals surface area (Å²) >= 11 is 3.53. The maximum Gasteiger partial charge on any atom is 0.334 e. The molecule has 4 unspecified atom stereocenters. The van der Waals surface area contributed by atoms with Crippen molar-refractivity contribution in [2.45, 2.75) is 83.2 Å². The van der Waals surface area contributed by atoms with Gasteiger partial charge in [0.1, 0.15) is 37.1 Å². The molecule has 0 N–H and O–H groups in total. The molecule has 17 heteroatoms. The molecule has 0 bridgehead atoms.